The molecule has 26 heavy (non-hydrogen) atoms. The molecular formula is C21H22N2O3. The van der Waals surface area contributed by atoms with Gasteiger partial charge in [0.05, 0.1) is 12.0 Å². The molecule has 2 amide bonds. The molecule has 0 spiro atoms. The molecule has 2 atom stereocenters. The molecule has 134 valence electrons. The van der Waals surface area contributed by atoms with E-state index in [9.17, 15) is 14.4 Å². The summed E-state index contributed by atoms with van der Waals surface area (Å²) in [5.41, 5.74) is 2.09. The molecular weight excluding hydrogens is 328 g/mol. The van der Waals surface area contributed by atoms with Crippen molar-refractivity contribution < 1.29 is 14.4 Å². The summed E-state index contributed by atoms with van der Waals surface area (Å²) in [6, 6.07) is 16.2. The van der Waals surface area contributed by atoms with Crippen LogP contribution in [0.5, 0.6) is 0 Å². The lowest BCUT2D eigenvalue weighted by Gasteiger charge is -2.38. The van der Waals surface area contributed by atoms with Gasteiger partial charge in [0.25, 0.3) is 0 Å². The van der Waals surface area contributed by atoms with Gasteiger partial charge in [-0.2, -0.15) is 0 Å². The number of hydrogen-bond acceptors (Lipinski definition) is 3. The van der Waals surface area contributed by atoms with Gasteiger partial charge in [-0.05, 0) is 31.0 Å². The second-order valence-corrected chi connectivity index (χ2v) is 6.63. The van der Waals surface area contributed by atoms with E-state index in [4.69, 9.17) is 0 Å². The Morgan fingerprint density at radius 2 is 1.81 bits per heavy atom. The van der Waals surface area contributed by atoms with E-state index in [0.29, 0.717) is 24.1 Å². The zero-order valence-electron chi connectivity index (χ0n) is 14.9. The minimum Gasteiger partial charge on any atom is -0.338 e. The first-order chi connectivity index (χ1) is 12.5. The lowest BCUT2D eigenvalue weighted by atomic mass is 9.84. The molecule has 1 aliphatic rings. The predicted molar refractivity (Wildman–Crippen MR) is 99.8 cm³/mol. The first-order valence-electron chi connectivity index (χ1n) is 8.70. The van der Waals surface area contributed by atoms with Crippen molar-refractivity contribution in [3.63, 3.8) is 0 Å². The van der Waals surface area contributed by atoms with Gasteiger partial charge in [0.1, 0.15) is 0 Å². The summed E-state index contributed by atoms with van der Waals surface area (Å²) in [6.45, 7) is 1.49. The van der Waals surface area contributed by atoms with Crippen molar-refractivity contribution in [3.05, 3.63) is 65.7 Å². The van der Waals surface area contributed by atoms with Crippen LogP contribution < -0.4 is 5.32 Å². The van der Waals surface area contributed by atoms with Gasteiger partial charge < -0.3 is 10.2 Å². The maximum atomic E-state index is 13.0. The average Bonchev–Trinajstić information content (AvgIpc) is 2.64. The van der Waals surface area contributed by atoms with Crippen LogP contribution in [-0.4, -0.2) is 29.5 Å². The van der Waals surface area contributed by atoms with Crippen LogP contribution in [0.1, 0.15) is 41.7 Å². The summed E-state index contributed by atoms with van der Waals surface area (Å²) >= 11 is 0. The van der Waals surface area contributed by atoms with E-state index in [1.54, 1.807) is 36.2 Å². The molecule has 1 fully saturated rings. The lowest BCUT2D eigenvalue weighted by molar-refractivity contribution is -0.140. The van der Waals surface area contributed by atoms with Crippen molar-refractivity contribution in [3.8, 4) is 0 Å². The number of likely N-dealkylation sites (tertiary alicyclic amines) is 1. The molecule has 1 N–H and O–H groups in total. The van der Waals surface area contributed by atoms with E-state index in [2.05, 4.69) is 5.32 Å². The number of anilines is 1. The van der Waals surface area contributed by atoms with Crippen LogP contribution in [0.15, 0.2) is 54.6 Å². The highest BCUT2D eigenvalue weighted by molar-refractivity contribution is 5.98. The number of carbonyl (C=O) groups excluding carboxylic acids is 3. The van der Waals surface area contributed by atoms with Gasteiger partial charge in [0.2, 0.25) is 11.8 Å². The molecule has 3 rings (SSSR count). The highest BCUT2D eigenvalue weighted by atomic mass is 16.2. The average molecular weight is 350 g/mol. The number of carbonyl (C=O) groups is 3. The summed E-state index contributed by atoms with van der Waals surface area (Å²) in [4.78, 5) is 38.3. The molecule has 5 nitrogen and oxygen atoms in total. The van der Waals surface area contributed by atoms with Crippen molar-refractivity contribution in [1.82, 2.24) is 4.90 Å². The molecule has 2 aromatic rings. The number of amides is 2. The molecule has 1 heterocycles. The Morgan fingerprint density at radius 1 is 1.08 bits per heavy atom. The van der Waals surface area contributed by atoms with Crippen LogP contribution in [0, 0.1) is 5.92 Å². The number of nitrogens with zero attached hydrogens (tertiary/aromatic N) is 1. The molecule has 0 saturated carbocycles. The molecule has 2 unspecified atom stereocenters. The molecule has 0 bridgehead atoms. The van der Waals surface area contributed by atoms with Crippen LogP contribution in [0.25, 0.3) is 0 Å². The minimum absolute atomic E-state index is 0.0430. The first-order valence-corrected chi connectivity index (χ1v) is 8.70. The fraction of sp³-hybridized carbons (Fsp3) is 0.286. The number of benzene rings is 2. The highest BCUT2D eigenvalue weighted by Gasteiger charge is 2.38. The second-order valence-electron chi connectivity index (χ2n) is 6.63. The lowest BCUT2D eigenvalue weighted by Crippen LogP contribution is -2.44. The number of hydrogen-bond donors (Lipinski definition) is 1. The molecule has 1 saturated heterocycles. The summed E-state index contributed by atoms with van der Waals surface area (Å²) in [7, 11) is 1.75. The van der Waals surface area contributed by atoms with Gasteiger partial charge in [-0.15, -0.1) is 0 Å². The monoisotopic (exact) mass is 350 g/mol. The van der Waals surface area contributed by atoms with E-state index >= 15 is 0 Å². The van der Waals surface area contributed by atoms with Gasteiger partial charge in [-0.1, -0.05) is 42.5 Å². The van der Waals surface area contributed by atoms with Crippen molar-refractivity contribution in [2.24, 2.45) is 5.92 Å². The molecule has 1 aliphatic heterocycles. The molecule has 5 heteroatoms. The zero-order valence-corrected chi connectivity index (χ0v) is 14.9. The highest BCUT2D eigenvalue weighted by Crippen LogP contribution is 2.36. The van der Waals surface area contributed by atoms with Gasteiger partial charge in [0.15, 0.2) is 5.78 Å². The number of Topliss-reactive ketones (excluding diaryl/α,β-unsaturated/α-hetero) is 1. The van der Waals surface area contributed by atoms with Crippen molar-refractivity contribution in [2.45, 2.75) is 25.8 Å². The van der Waals surface area contributed by atoms with E-state index in [1.165, 1.54) is 6.92 Å². The van der Waals surface area contributed by atoms with Crippen molar-refractivity contribution in [2.75, 3.05) is 12.4 Å². The Kier molecular flexibility index (Phi) is 5.16. The summed E-state index contributed by atoms with van der Waals surface area (Å²) in [5, 5.41) is 2.91. The minimum atomic E-state index is -0.346. The van der Waals surface area contributed by atoms with Crippen LogP contribution in [0.3, 0.4) is 0 Å². The maximum Gasteiger partial charge on any atom is 0.229 e. The Bertz CT molecular complexity index is 832. The Morgan fingerprint density at radius 3 is 2.50 bits per heavy atom. The van der Waals surface area contributed by atoms with E-state index < -0.39 is 0 Å². The largest absolute Gasteiger partial charge is 0.338 e. The number of nitrogens with one attached hydrogen (secondary N) is 1. The van der Waals surface area contributed by atoms with Gasteiger partial charge in [0, 0.05) is 24.7 Å². The molecule has 2 aromatic carbocycles. The maximum absolute atomic E-state index is 13.0. The molecule has 0 aliphatic carbocycles. The first kappa shape index (κ1) is 17.9. The van der Waals surface area contributed by atoms with E-state index in [0.717, 1.165) is 5.56 Å². The van der Waals surface area contributed by atoms with E-state index in [-0.39, 0.29) is 29.6 Å². The third-order valence-electron chi connectivity index (χ3n) is 4.88. The number of piperidine rings is 1. The van der Waals surface area contributed by atoms with Gasteiger partial charge in [-0.25, -0.2) is 0 Å². The van der Waals surface area contributed by atoms with Crippen molar-refractivity contribution in [1.29, 1.82) is 0 Å². The smallest absolute Gasteiger partial charge is 0.229 e. The SMILES string of the molecule is CC(=O)c1cccc(NC(=O)C2CCC(=O)N(C)C2c2ccccc2)c1. The zero-order chi connectivity index (χ0) is 18.7. The van der Waals surface area contributed by atoms with Crippen molar-refractivity contribution >= 4 is 23.3 Å². The topological polar surface area (TPSA) is 66.5 Å². The van der Waals surface area contributed by atoms with E-state index in [1.807, 2.05) is 30.3 Å². The fourth-order valence-corrected chi connectivity index (χ4v) is 3.47. The number of rotatable bonds is 4. The Hall–Kier alpha value is -2.95. The van der Waals surface area contributed by atoms with Crippen LogP contribution in [-0.2, 0) is 9.59 Å². The molecule has 0 radical (unpaired) electrons. The summed E-state index contributed by atoms with van der Waals surface area (Å²) in [5.74, 6) is -0.493. The fourth-order valence-electron chi connectivity index (χ4n) is 3.47. The standard InChI is InChI=1S/C21H22N2O3/c1-14(24)16-9-6-10-17(13-16)22-21(26)18-11-12-19(25)23(2)20(18)15-7-4-3-5-8-15/h3-10,13,18,20H,11-12H2,1-2H3,(H,22,26). The quantitative estimate of drug-likeness (QED) is 0.859. The second kappa shape index (κ2) is 7.52. The third kappa shape index (κ3) is 3.67. The number of ketones is 1. The molecule has 0 aromatic heterocycles. The van der Waals surface area contributed by atoms with Gasteiger partial charge in [-0.3, -0.25) is 14.4 Å². The van der Waals surface area contributed by atoms with Gasteiger partial charge >= 0.3 is 0 Å². The normalized spacial score (nSPS) is 19.9. The summed E-state index contributed by atoms with van der Waals surface area (Å²) in [6.07, 6.45) is 0.854. The third-order valence-corrected chi connectivity index (χ3v) is 4.88. The Balaban J connectivity index is 1.85. The Labute approximate surface area is 153 Å². The van der Waals surface area contributed by atoms with Crippen LogP contribution in [0.4, 0.5) is 5.69 Å². The predicted octanol–water partition coefficient (Wildman–Crippen LogP) is 3.44. The van der Waals surface area contributed by atoms with Crippen LogP contribution >= 0.6 is 0 Å². The summed E-state index contributed by atoms with van der Waals surface area (Å²) < 4.78 is 0. The van der Waals surface area contributed by atoms with Crippen LogP contribution in [0.2, 0.25) is 0 Å².